The number of fused-ring (bicyclic) bond motifs is 1. The average molecular weight is 482 g/mol. The van der Waals surface area contributed by atoms with Crippen molar-refractivity contribution in [2.24, 2.45) is 0 Å². The fourth-order valence-corrected chi connectivity index (χ4v) is 7.60. The minimum absolute atomic E-state index is 0.000733. The van der Waals surface area contributed by atoms with Crippen LogP contribution in [0.2, 0.25) is 0 Å². The summed E-state index contributed by atoms with van der Waals surface area (Å²) in [4.78, 5) is 33.7. The predicted octanol–water partition coefficient (Wildman–Crippen LogP) is 2.88. The van der Waals surface area contributed by atoms with Gasteiger partial charge in [0, 0.05) is 10.4 Å². The van der Waals surface area contributed by atoms with E-state index in [4.69, 9.17) is 0 Å². The Labute approximate surface area is 186 Å². The fourth-order valence-electron chi connectivity index (χ4n) is 3.75. The molecule has 1 aliphatic heterocycles. The van der Waals surface area contributed by atoms with Gasteiger partial charge in [-0.15, -0.1) is 11.3 Å². The number of thiophene rings is 1. The molecule has 3 aromatic rings. The van der Waals surface area contributed by atoms with Gasteiger partial charge in [-0.3, -0.25) is 9.59 Å². The molecule has 1 unspecified atom stereocenters. The van der Waals surface area contributed by atoms with Crippen molar-refractivity contribution in [1.82, 2.24) is 15.3 Å². The van der Waals surface area contributed by atoms with E-state index < -0.39 is 15.4 Å². The molecule has 0 radical (unpaired) electrons. The molecule has 0 saturated carbocycles. The van der Waals surface area contributed by atoms with Gasteiger partial charge < -0.3 is 10.3 Å². The van der Waals surface area contributed by atoms with Gasteiger partial charge >= 0.3 is 0 Å². The van der Waals surface area contributed by atoms with E-state index in [1.165, 1.54) is 23.5 Å². The van der Waals surface area contributed by atoms with Gasteiger partial charge in [-0.05, 0) is 38.0 Å². The molecule has 0 spiro atoms. The molecule has 11 heteroatoms. The molecule has 7 nitrogen and oxygen atoms in total. The van der Waals surface area contributed by atoms with Crippen molar-refractivity contribution in [1.29, 1.82) is 0 Å². The van der Waals surface area contributed by atoms with Gasteiger partial charge in [-0.1, -0.05) is 23.9 Å². The van der Waals surface area contributed by atoms with Crippen molar-refractivity contribution in [3.05, 3.63) is 45.3 Å². The van der Waals surface area contributed by atoms with E-state index in [1.807, 2.05) is 6.92 Å². The minimum Gasteiger partial charge on any atom is -0.349 e. The lowest BCUT2D eigenvalue weighted by Crippen LogP contribution is -2.47. The molecule has 1 saturated heterocycles. The van der Waals surface area contributed by atoms with Crippen LogP contribution in [-0.4, -0.2) is 47.1 Å². The number of aromatic nitrogens is 2. The number of nitrogens with zero attached hydrogens (tertiary/aromatic N) is 1. The summed E-state index contributed by atoms with van der Waals surface area (Å²) in [7, 11) is -3.12. The van der Waals surface area contributed by atoms with E-state index >= 15 is 0 Å². The van der Waals surface area contributed by atoms with E-state index in [9.17, 15) is 22.4 Å². The lowest BCUT2D eigenvalue weighted by Gasteiger charge is -2.23. The lowest BCUT2D eigenvalue weighted by molar-refractivity contribution is -0.120. The number of carbonyl (C=O) groups excluding carboxylic acids is 1. The number of amides is 1. The number of sulfone groups is 1. The van der Waals surface area contributed by atoms with Gasteiger partial charge in [0.2, 0.25) is 5.91 Å². The van der Waals surface area contributed by atoms with Crippen LogP contribution in [0.1, 0.15) is 18.2 Å². The summed E-state index contributed by atoms with van der Waals surface area (Å²) < 4.78 is 36.7. The highest BCUT2D eigenvalue weighted by Crippen LogP contribution is 2.36. The molecule has 164 valence electrons. The van der Waals surface area contributed by atoms with Crippen LogP contribution in [-0.2, 0) is 14.6 Å². The first kappa shape index (κ1) is 22.0. The van der Waals surface area contributed by atoms with E-state index in [1.54, 1.807) is 19.1 Å². The van der Waals surface area contributed by atoms with Gasteiger partial charge in [-0.25, -0.2) is 17.8 Å². The van der Waals surface area contributed by atoms with Crippen LogP contribution in [0.25, 0.3) is 21.3 Å². The van der Waals surface area contributed by atoms with Crippen molar-refractivity contribution in [3.8, 4) is 11.1 Å². The Hall–Kier alpha value is -2.24. The van der Waals surface area contributed by atoms with Crippen molar-refractivity contribution >= 4 is 49.1 Å². The number of benzene rings is 1. The monoisotopic (exact) mass is 481 g/mol. The normalized spacial score (nSPS) is 20.2. The van der Waals surface area contributed by atoms with Crippen LogP contribution in [0.15, 0.2) is 34.2 Å². The molecule has 1 aromatic carbocycles. The summed E-state index contributed by atoms with van der Waals surface area (Å²) in [6.45, 7) is 3.60. The predicted molar refractivity (Wildman–Crippen MR) is 121 cm³/mol. The summed E-state index contributed by atoms with van der Waals surface area (Å²) in [5.74, 6) is -0.677. The number of aromatic amines is 1. The Balaban J connectivity index is 1.53. The number of H-pyrrole nitrogens is 1. The summed E-state index contributed by atoms with van der Waals surface area (Å²) >= 11 is 2.44. The summed E-state index contributed by atoms with van der Waals surface area (Å²) in [6.07, 6.45) is 0.382. The molecular weight excluding hydrogens is 461 g/mol. The second kappa shape index (κ2) is 8.03. The number of hydrogen-bond donors (Lipinski definition) is 2. The summed E-state index contributed by atoms with van der Waals surface area (Å²) in [6, 6.07) is 5.94. The van der Waals surface area contributed by atoms with Crippen LogP contribution in [0.4, 0.5) is 4.39 Å². The molecule has 2 N–H and O–H groups in total. The highest BCUT2D eigenvalue weighted by molar-refractivity contribution is 7.99. The second-order valence-corrected chi connectivity index (χ2v) is 12.2. The molecule has 1 fully saturated rings. The molecule has 1 atom stereocenters. The third-order valence-corrected chi connectivity index (χ3v) is 8.91. The van der Waals surface area contributed by atoms with Crippen LogP contribution >= 0.6 is 23.1 Å². The fraction of sp³-hybridized carbons (Fsp3) is 0.350. The van der Waals surface area contributed by atoms with Gasteiger partial charge in [0.1, 0.15) is 10.6 Å². The zero-order valence-electron chi connectivity index (χ0n) is 16.8. The zero-order valence-corrected chi connectivity index (χ0v) is 19.3. The second-order valence-electron chi connectivity index (χ2n) is 7.83. The molecule has 0 bridgehead atoms. The first-order valence-corrected chi connectivity index (χ1v) is 13.1. The Morgan fingerprint density at radius 1 is 1.35 bits per heavy atom. The highest BCUT2D eigenvalue weighted by atomic mass is 32.2. The van der Waals surface area contributed by atoms with Crippen molar-refractivity contribution < 1.29 is 17.6 Å². The van der Waals surface area contributed by atoms with E-state index in [2.05, 4.69) is 15.3 Å². The molecule has 3 heterocycles. The molecule has 4 rings (SSSR count). The number of rotatable bonds is 5. The van der Waals surface area contributed by atoms with Crippen molar-refractivity contribution in [2.75, 3.05) is 17.3 Å². The number of nitrogens with one attached hydrogen (secondary N) is 2. The first-order valence-electron chi connectivity index (χ1n) is 9.49. The number of thioether (sulfide) groups is 1. The van der Waals surface area contributed by atoms with Gasteiger partial charge in [0.25, 0.3) is 5.56 Å². The number of halogens is 1. The highest BCUT2D eigenvalue weighted by Gasteiger charge is 2.39. The Morgan fingerprint density at radius 3 is 2.71 bits per heavy atom. The molecule has 1 aliphatic rings. The zero-order chi connectivity index (χ0) is 22.4. The Morgan fingerprint density at radius 2 is 2.06 bits per heavy atom. The van der Waals surface area contributed by atoms with Crippen LogP contribution < -0.4 is 10.9 Å². The Bertz CT molecular complexity index is 1330. The largest absolute Gasteiger partial charge is 0.349 e. The van der Waals surface area contributed by atoms with E-state index in [0.717, 1.165) is 27.8 Å². The maximum Gasteiger partial charge on any atom is 0.260 e. The summed E-state index contributed by atoms with van der Waals surface area (Å²) in [5, 5.41) is 3.53. The first-order chi connectivity index (χ1) is 14.6. The topological polar surface area (TPSA) is 109 Å². The quantitative estimate of drug-likeness (QED) is 0.428. The molecule has 31 heavy (non-hydrogen) atoms. The molecular formula is C20H20FN3O4S3. The smallest absolute Gasteiger partial charge is 0.260 e. The third-order valence-electron chi connectivity index (χ3n) is 5.13. The standard InChI is InChI=1S/C20H20FN3O4S3/c1-11-15(12-3-5-13(21)6-4-12)16-17(26)22-19(23-18(16)30-11)29-9-14(25)24-20(2)7-8-31(27,28)10-20/h3-6H,7-10H2,1-2H3,(H,24,25)(H,22,23,26). The molecule has 0 aliphatic carbocycles. The van der Waals surface area contributed by atoms with E-state index in [0.29, 0.717) is 21.8 Å². The Kier molecular flexibility index (Phi) is 5.69. The van der Waals surface area contributed by atoms with Crippen molar-refractivity contribution in [2.45, 2.75) is 31.0 Å². The molecule has 1 amide bonds. The number of carbonyl (C=O) groups is 1. The number of aryl methyl sites for hydroxylation is 1. The maximum absolute atomic E-state index is 13.3. The van der Waals surface area contributed by atoms with Gasteiger partial charge in [0.15, 0.2) is 15.0 Å². The summed E-state index contributed by atoms with van der Waals surface area (Å²) in [5.41, 5.74) is 0.358. The van der Waals surface area contributed by atoms with Crippen molar-refractivity contribution in [3.63, 3.8) is 0 Å². The third kappa shape index (κ3) is 4.68. The average Bonchev–Trinajstić information content (AvgIpc) is 3.15. The van der Waals surface area contributed by atoms with Crippen LogP contribution in [0.3, 0.4) is 0 Å². The lowest BCUT2D eigenvalue weighted by atomic mass is 10.0. The maximum atomic E-state index is 13.3. The van der Waals surface area contributed by atoms with Crippen LogP contribution in [0, 0.1) is 12.7 Å². The molecule has 2 aromatic heterocycles. The van der Waals surface area contributed by atoms with Gasteiger partial charge in [0.05, 0.1) is 28.2 Å². The SMILES string of the molecule is Cc1sc2nc(SCC(=O)NC3(C)CCS(=O)(=O)C3)[nH]c(=O)c2c1-c1ccc(F)cc1. The van der Waals surface area contributed by atoms with E-state index in [-0.39, 0.29) is 34.5 Å². The van der Waals surface area contributed by atoms with Crippen LogP contribution in [0.5, 0.6) is 0 Å². The minimum atomic E-state index is -3.12. The van der Waals surface area contributed by atoms with Gasteiger partial charge in [-0.2, -0.15) is 0 Å². The number of hydrogen-bond acceptors (Lipinski definition) is 7.